The third-order valence-electron chi connectivity index (χ3n) is 3.73. The van der Waals surface area contributed by atoms with Gasteiger partial charge in [-0.25, -0.2) is 4.79 Å². The van der Waals surface area contributed by atoms with Crippen LogP contribution in [-0.4, -0.2) is 23.9 Å². The summed E-state index contributed by atoms with van der Waals surface area (Å²) in [5, 5.41) is 0. The van der Waals surface area contributed by atoms with Gasteiger partial charge in [0.1, 0.15) is 0 Å². The Kier molecular flexibility index (Phi) is 5.89. The molecule has 0 aliphatic rings. The summed E-state index contributed by atoms with van der Waals surface area (Å²) in [7, 11) is 0. The van der Waals surface area contributed by atoms with E-state index in [9.17, 15) is 14.4 Å². The van der Waals surface area contributed by atoms with E-state index in [1.54, 1.807) is 42.5 Å². The first-order chi connectivity index (χ1) is 11.9. The molecule has 25 heavy (non-hydrogen) atoms. The van der Waals surface area contributed by atoms with Crippen LogP contribution in [0.15, 0.2) is 48.5 Å². The van der Waals surface area contributed by atoms with Crippen LogP contribution in [0.4, 0.5) is 0 Å². The molecule has 0 fully saturated rings. The molecule has 0 unspecified atom stereocenters. The average Bonchev–Trinajstić information content (AvgIpc) is 2.62. The Bertz CT molecular complexity index is 787. The first-order valence-corrected chi connectivity index (χ1v) is 7.82. The molecule has 0 bridgehead atoms. The van der Waals surface area contributed by atoms with Gasteiger partial charge in [0.05, 0.1) is 5.56 Å². The van der Waals surface area contributed by atoms with Gasteiger partial charge < -0.3 is 4.74 Å². The van der Waals surface area contributed by atoms with Crippen molar-refractivity contribution in [3.8, 4) is 0 Å². The summed E-state index contributed by atoms with van der Waals surface area (Å²) in [6.45, 7) is 5.26. The monoisotopic (exact) mass is 340 g/mol. The minimum Gasteiger partial charge on any atom is -0.449 e. The Morgan fingerprint density at radius 3 is 2.20 bits per heavy atom. The van der Waals surface area contributed by atoms with Crippen LogP contribution < -0.4 is 10.9 Å². The number of benzene rings is 2. The molecule has 0 aliphatic heterocycles. The van der Waals surface area contributed by atoms with Gasteiger partial charge in [0, 0.05) is 5.56 Å². The van der Waals surface area contributed by atoms with E-state index in [1.807, 2.05) is 19.9 Å². The van der Waals surface area contributed by atoms with E-state index in [4.69, 9.17) is 4.74 Å². The third-order valence-corrected chi connectivity index (χ3v) is 3.73. The summed E-state index contributed by atoms with van der Waals surface area (Å²) in [6.07, 6.45) is -1.05. The first-order valence-electron chi connectivity index (χ1n) is 7.82. The summed E-state index contributed by atoms with van der Waals surface area (Å²) in [5.74, 6) is -1.68. The van der Waals surface area contributed by atoms with Crippen LogP contribution >= 0.6 is 0 Å². The summed E-state index contributed by atoms with van der Waals surface area (Å²) < 4.78 is 5.13. The van der Waals surface area contributed by atoms with Gasteiger partial charge in [-0.05, 0) is 56.2 Å². The fourth-order valence-corrected chi connectivity index (χ4v) is 2.03. The number of ether oxygens (including phenoxy) is 1. The fourth-order valence-electron chi connectivity index (χ4n) is 2.03. The normalized spacial score (nSPS) is 11.3. The topological polar surface area (TPSA) is 84.5 Å². The highest BCUT2D eigenvalue weighted by Gasteiger charge is 2.19. The molecule has 0 radical (unpaired) electrons. The molecule has 130 valence electrons. The van der Waals surface area contributed by atoms with Crippen molar-refractivity contribution in [3.63, 3.8) is 0 Å². The van der Waals surface area contributed by atoms with Crippen LogP contribution in [-0.2, 0) is 9.53 Å². The van der Waals surface area contributed by atoms with Crippen LogP contribution in [0, 0.1) is 13.8 Å². The predicted octanol–water partition coefficient (Wildman–Crippen LogP) is 2.31. The Morgan fingerprint density at radius 1 is 0.880 bits per heavy atom. The molecule has 6 heteroatoms. The van der Waals surface area contributed by atoms with Gasteiger partial charge >= 0.3 is 5.97 Å². The number of esters is 1. The molecular formula is C19H20N2O4. The van der Waals surface area contributed by atoms with E-state index >= 15 is 0 Å². The van der Waals surface area contributed by atoms with Gasteiger partial charge in [0.25, 0.3) is 11.8 Å². The van der Waals surface area contributed by atoms with E-state index in [0.717, 1.165) is 11.1 Å². The minimum atomic E-state index is -1.05. The van der Waals surface area contributed by atoms with Crippen LogP contribution in [0.1, 0.15) is 38.8 Å². The van der Waals surface area contributed by atoms with Crippen molar-refractivity contribution in [3.05, 3.63) is 70.8 Å². The van der Waals surface area contributed by atoms with Gasteiger partial charge in [-0.3, -0.25) is 20.4 Å². The second kappa shape index (κ2) is 8.10. The second-order valence-electron chi connectivity index (χ2n) is 5.66. The number of aryl methyl sites for hydroxylation is 2. The quantitative estimate of drug-likeness (QED) is 0.661. The summed E-state index contributed by atoms with van der Waals surface area (Å²) in [5.41, 5.74) is 7.32. The number of hydrazine groups is 1. The van der Waals surface area contributed by atoms with Crippen molar-refractivity contribution in [1.82, 2.24) is 10.9 Å². The standard InChI is InChI=1S/C19H20N2O4/c1-12-9-10-16(11-13(12)2)19(24)25-14(3)17(22)20-21-18(23)15-7-5-4-6-8-15/h4-11,14H,1-3H3,(H,20,22)(H,21,23)/t14-/m0/s1. The molecule has 2 aromatic carbocycles. The molecule has 2 amide bonds. The molecule has 0 heterocycles. The van der Waals surface area contributed by atoms with Crippen molar-refractivity contribution < 1.29 is 19.1 Å². The maximum atomic E-state index is 12.1. The van der Waals surface area contributed by atoms with Gasteiger partial charge in [-0.2, -0.15) is 0 Å². The number of carbonyl (C=O) groups is 3. The van der Waals surface area contributed by atoms with E-state index in [-0.39, 0.29) is 0 Å². The van der Waals surface area contributed by atoms with Crippen LogP contribution in [0.3, 0.4) is 0 Å². The molecule has 6 nitrogen and oxygen atoms in total. The zero-order valence-electron chi connectivity index (χ0n) is 14.3. The maximum absolute atomic E-state index is 12.1. The molecular weight excluding hydrogens is 320 g/mol. The summed E-state index contributed by atoms with van der Waals surface area (Å²) >= 11 is 0. The molecule has 0 spiro atoms. The molecule has 0 aliphatic carbocycles. The number of rotatable bonds is 4. The number of amides is 2. The highest BCUT2D eigenvalue weighted by molar-refractivity contribution is 5.96. The lowest BCUT2D eigenvalue weighted by Gasteiger charge is -2.14. The number of nitrogens with one attached hydrogen (secondary N) is 2. The van der Waals surface area contributed by atoms with E-state index in [2.05, 4.69) is 10.9 Å². The fraction of sp³-hybridized carbons (Fsp3) is 0.211. The summed E-state index contributed by atoms with van der Waals surface area (Å²) in [6, 6.07) is 13.6. The SMILES string of the molecule is Cc1ccc(C(=O)O[C@@H](C)C(=O)NNC(=O)c2ccccc2)cc1C. The predicted molar refractivity (Wildman–Crippen MR) is 92.8 cm³/mol. The molecule has 0 saturated heterocycles. The molecule has 0 aromatic heterocycles. The third kappa shape index (κ3) is 4.91. The zero-order chi connectivity index (χ0) is 18.4. The lowest BCUT2D eigenvalue weighted by Crippen LogP contribution is -2.46. The van der Waals surface area contributed by atoms with Gasteiger partial charge in [0.15, 0.2) is 6.10 Å². The molecule has 1 atom stereocenters. The smallest absolute Gasteiger partial charge is 0.338 e. The Hall–Kier alpha value is -3.15. The van der Waals surface area contributed by atoms with E-state index in [1.165, 1.54) is 6.92 Å². The van der Waals surface area contributed by atoms with Crippen LogP contribution in [0.5, 0.6) is 0 Å². The van der Waals surface area contributed by atoms with Gasteiger partial charge in [-0.15, -0.1) is 0 Å². The van der Waals surface area contributed by atoms with Crippen molar-refractivity contribution in [1.29, 1.82) is 0 Å². The van der Waals surface area contributed by atoms with Gasteiger partial charge in [-0.1, -0.05) is 24.3 Å². The molecule has 2 aromatic rings. The molecule has 2 N–H and O–H groups in total. The second-order valence-corrected chi connectivity index (χ2v) is 5.66. The van der Waals surface area contributed by atoms with Gasteiger partial charge in [0.2, 0.25) is 0 Å². The number of hydrogen-bond acceptors (Lipinski definition) is 4. The highest BCUT2D eigenvalue weighted by Crippen LogP contribution is 2.11. The van der Waals surface area contributed by atoms with Crippen LogP contribution in [0.25, 0.3) is 0 Å². The average molecular weight is 340 g/mol. The number of carbonyl (C=O) groups excluding carboxylic acids is 3. The zero-order valence-corrected chi connectivity index (χ0v) is 14.3. The van der Waals surface area contributed by atoms with Crippen molar-refractivity contribution in [2.45, 2.75) is 26.9 Å². The highest BCUT2D eigenvalue weighted by atomic mass is 16.5. The Labute approximate surface area is 146 Å². The maximum Gasteiger partial charge on any atom is 0.338 e. The molecule has 2 rings (SSSR count). The number of hydrogen-bond donors (Lipinski definition) is 2. The Balaban J connectivity index is 1.88. The molecule has 0 saturated carbocycles. The minimum absolute atomic E-state index is 0.371. The largest absolute Gasteiger partial charge is 0.449 e. The van der Waals surface area contributed by atoms with E-state index in [0.29, 0.717) is 11.1 Å². The lowest BCUT2D eigenvalue weighted by atomic mass is 10.1. The van der Waals surface area contributed by atoms with Crippen molar-refractivity contribution >= 4 is 17.8 Å². The van der Waals surface area contributed by atoms with Crippen LogP contribution in [0.2, 0.25) is 0 Å². The lowest BCUT2D eigenvalue weighted by molar-refractivity contribution is -0.129. The first kappa shape index (κ1) is 18.2. The van der Waals surface area contributed by atoms with E-state index < -0.39 is 23.9 Å². The van der Waals surface area contributed by atoms with Crippen molar-refractivity contribution in [2.24, 2.45) is 0 Å². The summed E-state index contributed by atoms with van der Waals surface area (Å²) in [4.78, 5) is 35.9. The Morgan fingerprint density at radius 2 is 1.56 bits per heavy atom. The van der Waals surface area contributed by atoms with Crippen molar-refractivity contribution in [2.75, 3.05) is 0 Å².